The number of hydrogen-bond donors (Lipinski definition) is 2. The molecule has 0 fully saturated rings. The molecular formula is C16H20N2O. The van der Waals surface area contributed by atoms with E-state index in [1.165, 1.54) is 0 Å². The zero-order valence-corrected chi connectivity index (χ0v) is 11.4. The second-order valence-electron chi connectivity index (χ2n) is 4.67. The Morgan fingerprint density at radius 1 is 1.21 bits per heavy atom. The summed E-state index contributed by atoms with van der Waals surface area (Å²) in [5.74, 6) is 0.894. The summed E-state index contributed by atoms with van der Waals surface area (Å²) >= 11 is 0. The van der Waals surface area contributed by atoms with Crippen molar-refractivity contribution in [2.75, 3.05) is 11.9 Å². The number of rotatable bonds is 5. The standard InChI is InChI=1S/C16H20N2O/c1-3-9-17-16-12(2)10-14(11-18-16)15(19)13-7-5-4-6-8-13/h4-8,10-11,15,19H,3,9H2,1-2H3,(H,17,18)/t15-/m0/s1. The number of aromatic nitrogens is 1. The summed E-state index contributed by atoms with van der Waals surface area (Å²) in [6.07, 6.45) is 2.19. The maximum absolute atomic E-state index is 10.3. The maximum atomic E-state index is 10.3. The Bertz CT molecular complexity index is 526. The fourth-order valence-electron chi connectivity index (χ4n) is 2.00. The number of aliphatic hydroxyl groups is 1. The minimum atomic E-state index is -0.618. The van der Waals surface area contributed by atoms with Gasteiger partial charge in [-0.05, 0) is 30.5 Å². The lowest BCUT2D eigenvalue weighted by Crippen LogP contribution is -2.06. The summed E-state index contributed by atoms with van der Waals surface area (Å²) in [4.78, 5) is 4.39. The largest absolute Gasteiger partial charge is 0.384 e. The number of aliphatic hydroxyl groups excluding tert-OH is 1. The maximum Gasteiger partial charge on any atom is 0.128 e. The molecule has 3 heteroatoms. The van der Waals surface area contributed by atoms with Crippen molar-refractivity contribution in [2.45, 2.75) is 26.4 Å². The van der Waals surface area contributed by atoms with Gasteiger partial charge in [0.15, 0.2) is 0 Å². The molecule has 1 aromatic carbocycles. The van der Waals surface area contributed by atoms with E-state index in [1.807, 2.05) is 43.3 Å². The lowest BCUT2D eigenvalue weighted by molar-refractivity contribution is 0.220. The molecule has 1 heterocycles. The van der Waals surface area contributed by atoms with Crippen LogP contribution in [0, 0.1) is 6.92 Å². The Morgan fingerprint density at radius 2 is 1.95 bits per heavy atom. The van der Waals surface area contributed by atoms with Crippen molar-refractivity contribution < 1.29 is 5.11 Å². The summed E-state index contributed by atoms with van der Waals surface area (Å²) in [6.45, 7) is 5.04. The minimum absolute atomic E-state index is 0.618. The van der Waals surface area contributed by atoms with E-state index in [-0.39, 0.29) is 0 Å². The summed E-state index contributed by atoms with van der Waals surface area (Å²) in [7, 11) is 0. The molecule has 0 saturated carbocycles. The van der Waals surface area contributed by atoms with Crippen molar-refractivity contribution in [3.05, 3.63) is 59.3 Å². The van der Waals surface area contributed by atoms with Crippen molar-refractivity contribution in [3.8, 4) is 0 Å². The minimum Gasteiger partial charge on any atom is -0.384 e. The Balaban J connectivity index is 2.20. The van der Waals surface area contributed by atoms with Gasteiger partial charge in [0, 0.05) is 18.3 Å². The molecule has 1 atom stereocenters. The van der Waals surface area contributed by atoms with Crippen LogP contribution in [0.1, 0.15) is 36.1 Å². The predicted octanol–water partition coefficient (Wildman–Crippen LogP) is 3.29. The average Bonchev–Trinajstić information content (AvgIpc) is 2.46. The quantitative estimate of drug-likeness (QED) is 0.862. The first kappa shape index (κ1) is 13.6. The number of benzene rings is 1. The Kier molecular flexibility index (Phi) is 4.53. The third-order valence-electron chi connectivity index (χ3n) is 3.07. The van der Waals surface area contributed by atoms with Crippen LogP contribution in [-0.2, 0) is 0 Å². The van der Waals surface area contributed by atoms with E-state index in [0.717, 1.165) is 35.5 Å². The van der Waals surface area contributed by atoms with Crippen LogP contribution in [0.4, 0.5) is 5.82 Å². The van der Waals surface area contributed by atoms with Gasteiger partial charge >= 0.3 is 0 Å². The van der Waals surface area contributed by atoms with Gasteiger partial charge in [0.2, 0.25) is 0 Å². The van der Waals surface area contributed by atoms with Crippen molar-refractivity contribution in [2.24, 2.45) is 0 Å². The highest BCUT2D eigenvalue weighted by Crippen LogP contribution is 2.23. The van der Waals surface area contributed by atoms with Crippen LogP contribution < -0.4 is 5.32 Å². The van der Waals surface area contributed by atoms with Gasteiger partial charge in [0.25, 0.3) is 0 Å². The normalized spacial score (nSPS) is 12.2. The van der Waals surface area contributed by atoms with E-state index in [4.69, 9.17) is 0 Å². The molecule has 0 bridgehead atoms. The van der Waals surface area contributed by atoms with Gasteiger partial charge in [-0.15, -0.1) is 0 Å². The van der Waals surface area contributed by atoms with E-state index in [0.29, 0.717) is 0 Å². The molecule has 1 aromatic heterocycles. The molecule has 0 amide bonds. The zero-order chi connectivity index (χ0) is 13.7. The summed E-state index contributed by atoms with van der Waals surface area (Å²) in [5, 5.41) is 13.6. The number of aryl methyl sites for hydroxylation is 1. The van der Waals surface area contributed by atoms with E-state index in [2.05, 4.69) is 17.2 Å². The van der Waals surface area contributed by atoms with E-state index < -0.39 is 6.10 Å². The monoisotopic (exact) mass is 256 g/mol. The molecule has 0 aliphatic heterocycles. The molecule has 0 unspecified atom stereocenters. The Labute approximate surface area is 114 Å². The van der Waals surface area contributed by atoms with Gasteiger partial charge in [-0.1, -0.05) is 37.3 Å². The predicted molar refractivity (Wildman–Crippen MR) is 78.3 cm³/mol. The SMILES string of the molecule is CCCNc1ncc([C@@H](O)c2ccccc2)cc1C. The van der Waals surface area contributed by atoms with Crippen LogP contribution in [0.3, 0.4) is 0 Å². The first-order valence-electron chi connectivity index (χ1n) is 6.65. The first-order chi connectivity index (χ1) is 9.22. The Morgan fingerprint density at radius 3 is 2.58 bits per heavy atom. The van der Waals surface area contributed by atoms with Crippen LogP contribution in [-0.4, -0.2) is 16.6 Å². The summed E-state index contributed by atoms with van der Waals surface area (Å²) in [6, 6.07) is 11.6. The fourth-order valence-corrected chi connectivity index (χ4v) is 2.00. The molecule has 19 heavy (non-hydrogen) atoms. The Hall–Kier alpha value is -1.87. The number of nitrogens with zero attached hydrogens (tertiary/aromatic N) is 1. The lowest BCUT2D eigenvalue weighted by atomic mass is 10.0. The topological polar surface area (TPSA) is 45.2 Å². The molecule has 0 aliphatic rings. The van der Waals surface area contributed by atoms with Gasteiger partial charge < -0.3 is 10.4 Å². The molecule has 2 N–H and O–H groups in total. The van der Waals surface area contributed by atoms with Gasteiger partial charge in [0.05, 0.1) is 0 Å². The lowest BCUT2D eigenvalue weighted by Gasteiger charge is -2.14. The molecule has 0 saturated heterocycles. The molecular weight excluding hydrogens is 236 g/mol. The number of pyridine rings is 1. The van der Waals surface area contributed by atoms with Gasteiger partial charge in [-0.25, -0.2) is 4.98 Å². The second-order valence-corrected chi connectivity index (χ2v) is 4.67. The van der Waals surface area contributed by atoms with E-state index in [1.54, 1.807) is 6.20 Å². The van der Waals surface area contributed by atoms with Crippen molar-refractivity contribution >= 4 is 5.82 Å². The third-order valence-corrected chi connectivity index (χ3v) is 3.07. The first-order valence-corrected chi connectivity index (χ1v) is 6.65. The summed E-state index contributed by atoms with van der Waals surface area (Å²) < 4.78 is 0. The highest BCUT2D eigenvalue weighted by atomic mass is 16.3. The molecule has 100 valence electrons. The molecule has 2 rings (SSSR count). The molecule has 0 aliphatic carbocycles. The summed E-state index contributed by atoms with van der Waals surface area (Å²) in [5.41, 5.74) is 2.77. The smallest absolute Gasteiger partial charge is 0.128 e. The highest BCUT2D eigenvalue weighted by Gasteiger charge is 2.11. The molecule has 2 aromatic rings. The van der Waals surface area contributed by atoms with Crippen LogP contribution in [0.25, 0.3) is 0 Å². The third kappa shape index (κ3) is 3.32. The second kappa shape index (κ2) is 6.34. The fraction of sp³-hybridized carbons (Fsp3) is 0.312. The van der Waals surface area contributed by atoms with Crippen LogP contribution in [0.15, 0.2) is 42.6 Å². The van der Waals surface area contributed by atoms with Crippen molar-refractivity contribution in [1.82, 2.24) is 4.98 Å². The molecule has 0 radical (unpaired) electrons. The van der Waals surface area contributed by atoms with Crippen molar-refractivity contribution in [1.29, 1.82) is 0 Å². The van der Waals surface area contributed by atoms with E-state index in [9.17, 15) is 5.11 Å². The van der Waals surface area contributed by atoms with Crippen molar-refractivity contribution in [3.63, 3.8) is 0 Å². The zero-order valence-electron chi connectivity index (χ0n) is 11.4. The van der Waals surface area contributed by atoms with Crippen LogP contribution >= 0.6 is 0 Å². The highest BCUT2D eigenvalue weighted by molar-refractivity contribution is 5.45. The average molecular weight is 256 g/mol. The van der Waals surface area contributed by atoms with E-state index >= 15 is 0 Å². The number of anilines is 1. The number of nitrogens with one attached hydrogen (secondary N) is 1. The van der Waals surface area contributed by atoms with Crippen LogP contribution in [0.5, 0.6) is 0 Å². The number of hydrogen-bond acceptors (Lipinski definition) is 3. The van der Waals surface area contributed by atoms with Gasteiger partial charge in [0.1, 0.15) is 11.9 Å². The van der Waals surface area contributed by atoms with Crippen LogP contribution in [0.2, 0.25) is 0 Å². The van der Waals surface area contributed by atoms with Gasteiger partial charge in [-0.3, -0.25) is 0 Å². The van der Waals surface area contributed by atoms with Gasteiger partial charge in [-0.2, -0.15) is 0 Å². The molecule has 3 nitrogen and oxygen atoms in total. The molecule has 0 spiro atoms.